The zero-order valence-electron chi connectivity index (χ0n) is 12.3. The van der Waals surface area contributed by atoms with E-state index in [1.165, 1.54) is 10.8 Å². The van der Waals surface area contributed by atoms with Crippen molar-refractivity contribution in [2.45, 2.75) is 39.9 Å². The van der Waals surface area contributed by atoms with Gasteiger partial charge in [-0.25, -0.2) is 9.78 Å². The smallest absolute Gasteiger partial charge is 0.331 e. The van der Waals surface area contributed by atoms with Gasteiger partial charge < -0.3 is 4.57 Å². The molecular weight excluding hydrogens is 270 g/mol. The molecule has 2 heterocycles. The van der Waals surface area contributed by atoms with Crippen molar-refractivity contribution >= 4 is 0 Å². The summed E-state index contributed by atoms with van der Waals surface area (Å²) in [5, 5.41) is 9.02. The van der Waals surface area contributed by atoms with E-state index in [9.17, 15) is 9.59 Å². The highest BCUT2D eigenvalue weighted by Gasteiger charge is 2.14. The molecule has 0 spiro atoms. The van der Waals surface area contributed by atoms with E-state index in [1.54, 1.807) is 19.3 Å². The van der Waals surface area contributed by atoms with E-state index in [2.05, 4.69) is 4.98 Å². The minimum Gasteiger partial charge on any atom is -0.331 e. The highest BCUT2D eigenvalue weighted by molar-refractivity contribution is 5.22. The van der Waals surface area contributed by atoms with Crippen LogP contribution in [0.25, 0.3) is 0 Å². The molecule has 0 unspecified atom stereocenters. The van der Waals surface area contributed by atoms with Crippen molar-refractivity contribution in [2.24, 2.45) is 0 Å². The van der Waals surface area contributed by atoms with Gasteiger partial charge in [-0.2, -0.15) is 5.26 Å². The summed E-state index contributed by atoms with van der Waals surface area (Å²) in [6, 6.07) is 2.01. The fourth-order valence-corrected chi connectivity index (χ4v) is 2.17. The van der Waals surface area contributed by atoms with Crippen LogP contribution in [0.4, 0.5) is 0 Å². The second-order valence-electron chi connectivity index (χ2n) is 4.96. The van der Waals surface area contributed by atoms with Crippen LogP contribution in [0.15, 0.2) is 28.2 Å². The molecule has 0 N–H and O–H groups in total. The maximum Gasteiger partial charge on any atom is 0.331 e. The number of imidazole rings is 1. The van der Waals surface area contributed by atoms with Crippen LogP contribution in [0, 0.1) is 11.3 Å². The Hall–Kier alpha value is -2.62. The number of nitriles is 1. The molecule has 21 heavy (non-hydrogen) atoms. The number of aryl methyl sites for hydroxylation is 1. The van der Waals surface area contributed by atoms with Crippen LogP contribution in [-0.4, -0.2) is 18.7 Å². The van der Waals surface area contributed by atoms with Gasteiger partial charge in [0.15, 0.2) is 0 Å². The van der Waals surface area contributed by atoms with Gasteiger partial charge in [-0.15, -0.1) is 0 Å². The third-order valence-electron chi connectivity index (χ3n) is 3.30. The van der Waals surface area contributed by atoms with Crippen LogP contribution >= 0.6 is 0 Å². The maximum absolute atomic E-state index is 12.3. The van der Waals surface area contributed by atoms with Crippen LogP contribution < -0.4 is 11.2 Å². The van der Waals surface area contributed by atoms with Gasteiger partial charge in [0.25, 0.3) is 5.56 Å². The standard InChI is InChI=1S/C14H17N5O2/c1-4-17-8-11(7-15)13(20)19(14(17)21)9-12-16-5-6-18(12)10(2)3/h5-6,8,10H,4,9H2,1-3H3. The Morgan fingerprint density at radius 1 is 1.38 bits per heavy atom. The van der Waals surface area contributed by atoms with Crippen molar-refractivity contribution in [3.05, 3.63) is 50.8 Å². The first kappa shape index (κ1) is 14.8. The maximum atomic E-state index is 12.3. The Morgan fingerprint density at radius 3 is 2.67 bits per heavy atom. The summed E-state index contributed by atoms with van der Waals surface area (Å²) in [6.07, 6.45) is 4.74. The third kappa shape index (κ3) is 2.65. The first-order valence-corrected chi connectivity index (χ1v) is 6.75. The molecule has 0 amide bonds. The molecule has 110 valence electrons. The van der Waals surface area contributed by atoms with Crippen LogP contribution in [0.2, 0.25) is 0 Å². The van der Waals surface area contributed by atoms with E-state index in [1.807, 2.05) is 24.5 Å². The molecule has 0 aliphatic carbocycles. The van der Waals surface area contributed by atoms with Crippen LogP contribution in [0.5, 0.6) is 0 Å². The van der Waals surface area contributed by atoms with Crippen LogP contribution in [0.3, 0.4) is 0 Å². The minimum atomic E-state index is -0.578. The highest BCUT2D eigenvalue weighted by Crippen LogP contribution is 2.08. The van der Waals surface area contributed by atoms with E-state index in [0.29, 0.717) is 12.4 Å². The third-order valence-corrected chi connectivity index (χ3v) is 3.30. The molecule has 2 aromatic heterocycles. The Labute approximate surface area is 121 Å². The summed E-state index contributed by atoms with van der Waals surface area (Å²) in [7, 11) is 0. The number of hydrogen-bond donors (Lipinski definition) is 0. The second kappa shape index (κ2) is 5.79. The SMILES string of the molecule is CCn1cc(C#N)c(=O)n(Cc2nccn2C(C)C)c1=O. The summed E-state index contributed by atoms with van der Waals surface area (Å²) >= 11 is 0. The molecule has 0 radical (unpaired) electrons. The lowest BCUT2D eigenvalue weighted by Crippen LogP contribution is -2.41. The summed E-state index contributed by atoms with van der Waals surface area (Å²) in [4.78, 5) is 28.7. The Kier molecular flexibility index (Phi) is 4.08. The average Bonchev–Trinajstić information content (AvgIpc) is 2.92. The molecule has 0 fully saturated rings. The molecule has 2 aromatic rings. The van der Waals surface area contributed by atoms with Crippen molar-refractivity contribution in [1.82, 2.24) is 18.7 Å². The average molecular weight is 287 g/mol. The van der Waals surface area contributed by atoms with E-state index in [-0.39, 0.29) is 18.2 Å². The monoisotopic (exact) mass is 287 g/mol. The van der Waals surface area contributed by atoms with Crippen molar-refractivity contribution in [2.75, 3.05) is 0 Å². The Balaban J connectivity index is 2.59. The van der Waals surface area contributed by atoms with Crippen molar-refractivity contribution in [1.29, 1.82) is 5.26 Å². The second-order valence-corrected chi connectivity index (χ2v) is 4.96. The zero-order chi connectivity index (χ0) is 15.6. The predicted molar refractivity (Wildman–Crippen MR) is 77.1 cm³/mol. The van der Waals surface area contributed by atoms with E-state index in [4.69, 9.17) is 5.26 Å². The molecule has 0 aromatic carbocycles. The lowest BCUT2D eigenvalue weighted by atomic mass is 10.3. The van der Waals surface area contributed by atoms with Crippen LogP contribution in [-0.2, 0) is 13.1 Å². The van der Waals surface area contributed by atoms with Crippen molar-refractivity contribution < 1.29 is 0 Å². The minimum absolute atomic E-state index is 0.0425. The molecule has 0 aliphatic rings. The summed E-state index contributed by atoms with van der Waals surface area (Å²) in [5.41, 5.74) is -1.05. The molecule has 7 heteroatoms. The van der Waals surface area contributed by atoms with Gasteiger partial charge in [-0.3, -0.25) is 13.9 Å². The Morgan fingerprint density at radius 2 is 2.10 bits per heavy atom. The fourth-order valence-electron chi connectivity index (χ4n) is 2.17. The van der Waals surface area contributed by atoms with Gasteiger partial charge in [0.1, 0.15) is 17.5 Å². The van der Waals surface area contributed by atoms with Gasteiger partial charge >= 0.3 is 5.69 Å². The van der Waals surface area contributed by atoms with Crippen molar-refractivity contribution in [3.63, 3.8) is 0 Å². The number of nitrogens with zero attached hydrogens (tertiary/aromatic N) is 5. The number of rotatable bonds is 4. The number of hydrogen-bond acceptors (Lipinski definition) is 4. The molecule has 0 atom stereocenters. The molecular formula is C14H17N5O2. The highest BCUT2D eigenvalue weighted by atomic mass is 16.2. The van der Waals surface area contributed by atoms with Gasteiger partial charge in [0.2, 0.25) is 0 Å². The largest absolute Gasteiger partial charge is 0.331 e. The normalized spacial score (nSPS) is 10.8. The lowest BCUT2D eigenvalue weighted by Gasteiger charge is -2.13. The lowest BCUT2D eigenvalue weighted by molar-refractivity contribution is 0.527. The number of aromatic nitrogens is 4. The summed E-state index contributed by atoms with van der Waals surface area (Å²) in [6.45, 7) is 6.21. The summed E-state index contributed by atoms with van der Waals surface area (Å²) in [5.74, 6) is 0.613. The molecule has 0 saturated heterocycles. The van der Waals surface area contributed by atoms with E-state index in [0.717, 1.165) is 4.57 Å². The quantitative estimate of drug-likeness (QED) is 0.829. The molecule has 0 aliphatic heterocycles. The fraction of sp³-hybridized carbons (Fsp3) is 0.429. The zero-order valence-corrected chi connectivity index (χ0v) is 12.3. The van der Waals surface area contributed by atoms with Gasteiger partial charge in [-0.05, 0) is 20.8 Å². The predicted octanol–water partition coefficient (Wildman–Crippen LogP) is 0.727. The van der Waals surface area contributed by atoms with Gasteiger partial charge in [-0.1, -0.05) is 0 Å². The van der Waals surface area contributed by atoms with Crippen LogP contribution in [0.1, 0.15) is 38.2 Å². The van der Waals surface area contributed by atoms with Crippen molar-refractivity contribution in [3.8, 4) is 6.07 Å². The topological polar surface area (TPSA) is 85.6 Å². The molecule has 7 nitrogen and oxygen atoms in total. The summed E-state index contributed by atoms with van der Waals surface area (Å²) < 4.78 is 4.30. The molecule has 0 bridgehead atoms. The van der Waals surface area contributed by atoms with E-state index >= 15 is 0 Å². The Bertz CT molecular complexity index is 804. The van der Waals surface area contributed by atoms with Gasteiger partial charge in [0.05, 0.1) is 6.54 Å². The van der Waals surface area contributed by atoms with Gasteiger partial charge in [0, 0.05) is 31.2 Å². The first-order chi connectivity index (χ1) is 9.99. The first-order valence-electron chi connectivity index (χ1n) is 6.75. The van der Waals surface area contributed by atoms with E-state index < -0.39 is 11.2 Å². The molecule has 0 saturated carbocycles. The molecule has 2 rings (SSSR count).